The molecule has 25 heavy (non-hydrogen) atoms. The van der Waals surface area contributed by atoms with Crippen LogP contribution in [0.15, 0.2) is 48.5 Å². The van der Waals surface area contributed by atoms with Crippen molar-refractivity contribution < 1.29 is 9.53 Å². The first kappa shape index (κ1) is 17.5. The highest BCUT2D eigenvalue weighted by Crippen LogP contribution is 2.39. The number of ether oxygens (including phenoxy) is 1. The minimum absolute atomic E-state index is 0.357. The molecular weight excluding hydrogens is 330 g/mol. The van der Waals surface area contributed by atoms with Gasteiger partial charge in [0.1, 0.15) is 0 Å². The van der Waals surface area contributed by atoms with E-state index in [9.17, 15) is 4.79 Å². The summed E-state index contributed by atoms with van der Waals surface area (Å²) in [6.45, 7) is 6.64. The minimum atomic E-state index is -0.420. The Kier molecular flexibility index (Phi) is 5.39. The van der Waals surface area contributed by atoms with Crippen LogP contribution in [0.3, 0.4) is 0 Å². The fourth-order valence-electron chi connectivity index (χ4n) is 2.94. The quantitative estimate of drug-likeness (QED) is 0.581. The lowest BCUT2D eigenvalue weighted by Crippen LogP contribution is -2.13. The molecule has 0 aliphatic carbocycles. The number of carbonyl (C=O) groups excluding carboxylic acids is 1. The number of rotatable bonds is 5. The maximum atomic E-state index is 11.8. The van der Waals surface area contributed by atoms with Gasteiger partial charge in [-0.25, -0.2) is 4.79 Å². The maximum absolute atomic E-state index is 11.8. The number of para-hydroxylation sites is 1. The first-order chi connectivity index (χ1) is 12.1. The van der Waals surface area contributed by atoms with Crippen LogP contribution in [0.1, 0.15) is 26.3 Å². The van der Waals surface area contributed by atoms with Crippen LogP contribution in [0.5, 0.6) is 0 Å². The van der Waals surface area contributed by atoms with Crippen LogP contribution in [0.25, 0.3) is 20.5 Å². The molecule has 0 saturated heterocycles. The molecule has 0 spiro atoms. The molecule has 0 bridgehead atoms. The zero-order valence-electron chi connectivity index (χ0n) is 14.8. The Bertz CT molecular complexity index is 882. The Morgan fingerprint density at radius 2 is 1.96 bits per heavy atom. The highest BCUT2D eigenvalue weighted by Gasteiger charge is 2.13. The summed E-state index contributed by atoms with van der Waals surface area (Å²) < 4.78 is 6.34. The predicted molar refractivity (Wildman–Crippen MR) is 106 cm³/mol. The van der Waals surface area contributed by atoms with Crippen molar-refractivity contribution in [3.05, 3.63) is 54.1 Å². The summed E-state index contributed by atoms with van der Waals surface area (Å²) in [5, 5.41) is 4.10. The molecule has 2 aromatic carbocycles. The lowest BCUT2D eigenvalue weighted by atomic mass is 10.0. The standard InChI is InChI=1S/C21H23NO2S/c1-4-24-21(23)22-18-11-6-5-10-17(18)19-13-16-9-7-8-15(12-14(2)3)20(16)25-19/h5-11,13-14H,4,12H2,1-3H3,(H,22,23). The van der Waals surface area contributed by atoms with Crippen LogP contribution >= 0.6 is 11.3 Å². The van der Waals surface area contributed by atoms with Gasteiger partial charge in [0, 0.05) is 15.1 Å². The Morgan fingerprint density at radius 1 is 1.16 bits per heavy atom. The topological polar surface area (TPSA) is 38.3 Å². The van der Waals surface area contributed by atoms with E-state index in [-0.39, 0.29) is 0 Å². The number of carbonyl (C=O) groups is 1. The Labute approximate surface area is 152 Å². The number of nitrogens with one attached hydrogen (secondary N) is 1. The van der Waals surface area contributed by atoms with Crippen LogP contribution in [0, 0.1) is 5.92 Å². The van der Waals surface area contributed by atoms with E-state index < -0.39 is 6.09 Å². The second-order valence-electron chi connectivity index (χ2n) is 6.44. The molecule has 4 heteroatoms. The zero-order chi connectivity index (χ0) is 17.8. The van der Waals surface area contributed by atoms with E-state index in [1.165, 1.54) is 15.6 Å². The Hall–Kier alpha value is -2.33. The van der Waals surface area contributed by atoms with Gasteiger partial charge >= 0.3 is 6.09 Å². The number of amides is 1. The van der Waals surface area contributed by atoms with E-state index >= 15 is 0 Å². The molecule has 1 aromatic heterocycles. The average molecular weight is 353 g/mol. The maximum Gasteiger partial charge on any atom is 0.411 e. The zero-order valence-corrected chi connectivity index (χ0v) is 15.7. The lowest BCUT2D eigenvalue weighted by Gasteiger charge is -2.09. The fourth-order valence-corrected chi connectivity index (χ4v) is 4.16. The first-order valence-corrected chi connectivity index (χ1v) is 9.44. The molecule has 0 atom stereocenters. The van der Waals surface area contributed by atoms with Crippen molar-refractivity contribution in [3.8, 4) is 10.4 Å². The molecule has 3 rings (SSSR count). The monoisotopic (exact) mass is 353 g/mol. The van der Waals surface area contributed by atoms with Gasteiger partial charge in [-0.15, -0.1) is 11.3 Å². The summed E-state index contributed by atoms with van der Waals surface area (Å²) in [6.07, 6.45) is 0.650. The first-order valence-electron chi connectivity index (χ1n) is 8.63. The molecule has 0 saturated carbocycles. The van der Waals surface area contributed by atoms with Crippen LogP contribution in [0.2, 0.25) is 0 Å². The normalized spacial score (nSPS) is 11.0. The molecule has 0 radical (unpaired) electrons. The summed E-state index contributed by atoms with van der Waals surface area (Å²) >= 11 is 1.78. The smallest absolute Gasteiger partial charge is 0.411 e. The molecule has 3 aromatic rings. The van der Waals surface area contributed by atoms with Gasteiger partial charge < -0.3 is 4.74 Å². The molecule has 0 aliphatic heterocycles. The summed E-state index contributed by atoms with van der Waals surface area (Å²) in [7, 11) is 0. The van der Waals surface area contributed by atoms with E-state index in [1.807, 2.05) is 24.3 Å². The SMILES string of the molecule is CCOC(=O)Nc1ccccc1-c1cc2cccc(CC(C)C)c2s1. The summed E-state index contributed by atoms with van der Waals surface area (Å²) in [6, 6.07) is 16.6. The second kappa shape index (κ2) is 7.70. The van der Waals surface area contributed by atoms with Gasteiger partial charge in [-0.05, 0) is 42.3 Å². The average Bonchev–Trinajstić information content (AvgIpc) is 3.00. The lowest BCUT2D eigenvalue weighted by molar-refractivity contribution is 0.168. The van der Waals surface area contributed by atoms with Gasteiger partial charge in [-0.2, -0.15) is 0 Å². The van der Waals surface area contributed by atoms with Crippen LogP contribution in [-0.2, 0) is 11.2 Å². The third kappa shape index (κ3) is 4.02. The number of hydrogen-bond acceptors (Lipinski definition) is 3. The fraction of sp³-hybridized carbons (Fsp3) is 0.286. The largest absolute Gasteiger partial charge is 0.450 e. The van der Waals surface area contributed by atoms with Gasteiger partial charge in [0.25, 0.3) is 0 Å². The summed E-state index contributed by atoms with van der Waals surface area (Å²) in [4.78, 5) is 13.0. The van der Waals surface area contributed by atoms with Crippen LogP contribution < -0.4 is 5.32 Å². The minimum Gasteiger partial charge on any atom is -0.450 e. The van der Waals surface area contributed by atoms with Crippen molar-refractivity contribution in [3.63, 3.8) is 0 Å². The third-order valence-corrected chi connectivity index (χ3v) is 5.22. The molecular formula is C21H23NO2S. The molecule has 130 valence electrons. The molecule has 0 aliphatic rings. The van der Waals surface area contributed by atoms with Gasteiger partial charge in [0.15, 0.2) is 0 Å². The number of hydrogen-bond donors (Lipinski definition) is 1. The van der Waals surface area contributed by atoms with E-state index in [0.717, 1.165) is 22.5 Å². The Morgan fingerprint density at radius 3 is 2.72 bits per heavy atom. The summed E-state index contributed by atoms with van der Waals surface area (Å²) in [5.41, 5.74) is 3.18. The Balaban J connectivity index is 2.01. The van der Waals surface area contributed by atoms with Crippen molar-refractivity contribution in [2.45, 2.75) is 27.2 Å². The van der Waals surface area contributed by atoms with Gasteiger partial charge in [0.05, 0.1) is 12.3 Å². The molecule has 0 unspecified atom stereocenters. The van der Waals surface area contributed by atoms with Crippen molar-refractivity contribution in [2.75, 3.05) is 11.9 Å². The number of fused-ring (bicyclic) bond motifs is 1. The molecule has 1 heterocycles. The molecule has 3 nitrogen and oxygen atoms in total. The van der Waals surface area contributed by atoms with E-state index in [0.29, 0.717) is 12.5 Å². The third-order valence-electron chi connectivity index (χ3n) is 3.96. The van der Waals surface area contributed by atoms with Crippen molar-refractivity contribution in [2.24, 2.45) is 5.92 Å². The van der Waals surface area contributed by atoms with Crippen LogP contribution in [0.4, 0.5) is 10.5 Å². The van der Waals surface area contributed by atoms with E-state index in [4.69, 9.17) is 4.74 Å². The summed E-state index contributed by atoms with van der Waals surface area (Å²) in [5.74, 6) is 0.619. The van der Waals surface area contributed by atoms with Crippen molar-refractivity contribution in [1.82, 2.24) is 0 Å². The molecule has 0 fully saturated rings. The van der Waals surface area contributed by atoms with E-state index in [2.05, 4.69) is 43.4 Å². The van der Waals surface area contributed by atoms with Crippen molar-refractivity contribution >= 4 is 33.2 Å². The molecule has 1 amide bonds. The van der Waals surface area contributed by atoms with Gasteiger partial charge in [-0.3, -0.25) is 5.32 Å². The second-order valence-corrected chi connectivity index (χ2v) is 7.49. The van der Waals surface area contributed by atoms with Crippen LogP contribution in [-0.4, -0.2) is 12.7 Å². The van der Waals surface area contributed by atoms with E-state index in [1.54, 1.807) is 18.3 Å². The van der Waals surface area contributed by atoms with Gasteiger partial charge in [0.2, 0.25) is 0 Å². The van der Waals surface area contributed by atoms with Crippen molar-refractivity contribution in [1.29, 1.82) is 0 Å². The highest BCUT2D eigenvalue weighted by molar-refractivity contribution is 7.22. The molecule has 1 N–H and O–H groups in total. The van der Waals surface area contributed by atoms with Gasteiger partial charge in [-0.1, -0.05) is 50.2 Å². The number of benzene rings is 2. The number of anilines is 1. The predicted octanol–water partition coefficient (Wildman–Crippen LogP) is 6.34. The highest BCUT2D eigenvalue weighted by atomic mass is 32.1. The number of thiophene rings is 1.